The predicted octanol–water partition coefficient (Wildman–Crippen LogP) is 0.174. The number of nitrogens with zero attached hydrogens (tertiary/aromatic N) is 4. The highest BCUT2D eigenvalue weighted by atomic mass is 16.6. The molecule has 17 heavy (non-hydrogen) atoms. The highest BCUT2D eigenvalue weighted by Gasteiger charge is 2.15. The van der Waals surface area contributed by atoms with Crippen LogP contribution in [0, 0.1) is 10.1 Å². The van der Waals surface area contributed by atoms with Crippen molar-refractivity contribution in [3.63, 3.8) is 0 Å². The lowest BCUT2D eigenvalue weighted by atomic mass is 10.3. The van der Waals surface area contributed by atoms with Crippen LogP contribution in [0.2, 0.25) is 0 Å². The average molecular weight is 241 g/mol. The monoisotopic (exact) mass is 241 g/mol. The third-order valence-corrected chi connectivity index (χ3v) is 2.21. The standard InChI is InChI=1S/C9H15N5O3/c1-6(15)3-4-13(2)9-11-5-7(14(16)17)8(10)12-9/h5-6,15H,3-4H2,1-2H3,(H2,10,11,12). The van der Waals surface area contributed by atoms with Crippen LogP contribution in [0.4, 0.5) is 17.5 Å². The fraction of sp³-hybridized carbons (Fsp3) is 0.556. The summed E-state index contributed by atoms with van der Waals surface area (Å²) < 4.78 is 0. The SMILES string of the molecule is CC(O)CCN(C)c1ncc([N+](=O)[O-])c(N)n1. The van der Waals surface area contributed by atoms with E-state index >= 15 is 0 Å². The summed E-state index contributed by atoms with van der Waals surface area (Å²) in [5.41, 5.74) is 5.14. The number of nitro groups is 1. The first kappa shape index (κ1) is 13.1. The van der Waals surface area contributed by atoms with Crippen molar-refractivity contribution >= 4 is 17.5 Å². The molecule has 0 aliphatic carbocycles. The normalized spacial score (nSPS) is 12.2. The minimum absolute atomic E-state index is 0.163. The van der Waals surface area contributed by atoms with Crippen LogP contribution in [0.1, 0.15) is 13.3 Å². The Morgan fingerprint density at radius 1 is 1.71 bits per heavy atom. The zero-order valence-corrected chi connectivity index (χ0v) is 9.70. The summed E-state index contributed by atoms with van der Waals surface area (Å²) >= 11 is 0. The molecule has 8 nitrogen and oxygen atoms in total. The van der Waals surface area contributed by atoms with Crippen molar-refractivity contribution in [1.29, 1.82) is 0 Å². The third-order valence-electron chi connectivity index (χ3n) is 2.21. The molecule has 0 aromatic carbocycles. The first-order chi connectivity index (χ1) is 7.91. The molecule has 1 aromatic rings. The Balaban J connectivity index is 2.79. The van der Waals surface area contributed by atoms with Crippen LogP contribution in [0.5, 0.6) is 0 Å². The summed E-state index contributed by atoms with van der Waals surface area (Å²) in [6.45, 7) is 2.22. The number of aliphatic hydroxyl groups excluding tert-OH is 1. The maximum absolute atomic E-state index is 10.5. The molecule has 3 N–H and O–H groups in total. The van der Waals surface area contributed by atoms with E-state index in [2.05, 4.69) is 9.97 Å². The summed E-state index contributed by atoms with van der Waals surface area (Å²) in [4.78, 5) is 19.3. The van der Waals surface area contributed by atoms with Crippen LogP contribution in [0.3, 0.4) is 0 Å². The van der Waals surface area contributed by atoms with E-state index in [1.54, 1.807) is 18.9 Å². The predicted molar refractivity (Wildman–Crippen MR) is 62.7 cm³/mol. The summed E-state index contributed by atoms with van der Waals surface area (Å²) in [6, 6.07) is 0. The summed E-state index contributed by atoms with van der Waals surface area (Å²) in [5, 5.41) is 19.7. The van der Waals surface area contributed by atoms with Gasteiger partial charge in [-0.3, -0.25) is 10.1 Å². The molecule has 0 saturated heterocycles. The highest BCUT2D eigenvalue weighted by Crippen LogP contribution is 2.19. The first-order valence-electron chi connectivity index (χ1n) is 5.08. The van der Waals surface area contributed by atoms with Crippen molar-refractivity contribution in [1.82, 2.24) is 9.97 Å². The van der Waals surface area contributed by atoms with Crippen molar-refractivity contribution in [2.75, 3.05) is 24.2 Å². The molecular weight excluding hydrogens is 226 g/mol. The van der Waals surface area contributed by atoms with Crippen LogP contribution in [-0.2, 0) is 0 Å². The Hall–Kier alpha value is -1.96. The van der Waals surface area contributed by atoms with E-state index in [4.69, 9.17) is 10.8 Å². The largest absolute Gasteiger partial charge is 0.393 e. The number of rotatable bonds is 5. The maximum atomic E-state index is 10.5. The van der Waals surface area contributed by atoms with Gasteiger partial charge in [0.15, 0.2) is 0 Å². The molecule has 1 atom stereocenters. The number of aliphatic hydroxyl groups is 1. The van der Waals surface area contributed by atoms with Crippen LogP contribution >= 0.6 is 0 Å². The molecule has 1 aromatic heterocycles. The van der Waals surface area contributed by atoms with Gasteiger partial charge in [-0.15, -0.1) is 0 Å². The first-order valence-corrected chi connectivity index (χ1v) is 5.08. The Kier molecular flexibility index (Phi) is 4.16. The lowest BCUT2D eigenvalue weighted by Crippen LogP contribution is -2.24. The zero-order valence-electron chi connectivity index (χ0n) is 9.70. The van der Waals surface area contributed by atoms with E-state index < -0.39 is 11.0 Å². The van der Waals surface area contributed by atoms with E-state index in [1.807, 2.05) is 0 Å². The average Bonchev–Trinajstić information content (AvgIpc) is 2.25. The van der Waals surface area contributed by atoms with E-state index in [1.165, 1.54) is 0 Å². The lowest BCUT2D eigenvalue weighted by molar-refractivity contribution is -0.384. The Labute approximate surface area is 98.2 Å². The Bertz CT molecular complexity index is 410. The van der Waals surface area contributed by atoms with E-state index in [0.29, 0.717) is 18.9 Å². The van der Waals surface area contributed by atoms with Gasteiger partial charge in [0.25, 0.3) is 0 Å². The van der Waals surface area contributed by atoms with Crippen LogP contribution in [0.25, 0.3) is 0 Å². The second-order valence-electron chi connectivity index (χ2n) is 3.76. The summed E-state index contributed by atoms with van der Waals surface area (Å²) in [6.07, 6.45) is 1.21. The van der Waals surface area contributed by atoms with Gasteiger partial charge in [-0.25, -0.2) is 4.98 Å². The van der Waals surface area contributed by atoms with Gasteiger partial charge < -0.3 is 15.7 Å². The number of hydrogen-bond donors (Lipinski definition) is 2. The van der Waals surface area contributed by atoms with E-state index in [-0.39, 0.29) is 11.5 Å². The fourth-order valence-electron chi connectivity index (χ4n) is 1.18. The maximum Gasteiger partial charge on any atom is 0.329 e. The molecule has 1 unspecified atom stereocenters. The molecule has 0 amide bonds. The molecule has 0 bridgehead atoms. The molecule has 0 fully saturated rings. The number of nitrogen functional groups attached to an aromatic ring is 1. The molecule has 0 radical (unpaired) electrons. The fourth-order valence-corrected chi connectivity index (χ4v) is 1.18. The van der Waals surface area contributed by atoms with E-state index in [9.17, 15) is 10.1 Å². The van der Waals surface area contributed by atoms with Gasteiger partial charge in [0.2, 0.25) is 11.8 Å². The molecule has 1 rings (SSSR count). The smallest absolute Gasteiger partial charge is 0.329 e. The zero-order chi connectivity index (χ0) is 13.0. The molecular formula is C9H15N5O3. The van der Waals surface area contributed by atoms with Gasteiger partial charge in [-0.05, 0) is 13.3 Å². The van der Waals surface area contributed by atoms with Gasteiger partial charge in [-0.2, -0.15) is 4.98 Å². The Morgan fingerprint density at radius 3 is 2.82 bits per heavy atom. The van der Waals surface area contributed by atoms with Crippen molar-refractivity contribution in [3.8, 4) is 0 Å². The van der Waals surface area contributed by atoms with Crippen LogP contribution in [0.15, 0.2) is 6.20 Å². The number of aromatic nitrogens is 2. The topological polar surface area (TPSA) is 118 Å². The molecule has 94 valence electrons. The second-order valence-corrected chi connectivity index (χ2v) is 3.76. The van der Waals surface area contributed by atoms with Crippen molar-refractivity contribution in [2.24, 2.45) is 0 Å². The third kappa shape index (κ3) is 3.52. The Morgan fingerprint density at radius 2 is 2.35 bits per heavy atom. The molecule has 0 saturated carbocycles. The van der Waals surface area contributed by atoms with E-state index in [0.717, 1.165) is 6.20 Å². The van der Waals surface area contributed by atoms with Crippen LogP contribution < -0.4 is 10.6 Å². The van der Waals surface area contributed by atoms with Gasteiger partial charge in [-0.1, -0.05) is 0 Å². The van der Waals surface area contributed by atoms with Gasteiger partial charge >= 0.3 is 5.69 Å². The van der Waals surface area contributed by atoms with Gasteiger partial charge in [0.05, 0.1) is 11.0 Å². The summed E-state index contributed by atoms with van der Waals surface area (Å²) in [7, 11) is 1.73. The highest BCUT2D eigenvalue weighted by molar-refractivity contribution is 5.53. The number of nitrogens with two attached hydrogens (primary N) is 1. The molecule has 0 spiro atoms. The number of anilines is 2. The minimum Gasteiger partial charge on any atom is -0.393 e. The van der Waals surface area contributed by atoms with Gasteiger partial charge in [0, 0.05) is 13.6 Å². The summed E-state index contributed by atoms with van der Waals surface area (Å²) in [5.74, 6) is 0.137. The van der Waals surface area contributed by atoms with Crippen LogP contribution in [-0.4, -0.2) is 39.7 Å². The molecule has 8 heteroatoms. The second kappa shape index (κ2) is 5.39. The minimum atomic E-state index is -0.630. The van der Waals surface area contributed by atoms with Gasteiger partial charge in [0.1, 0.15) is 6.20 Å². The molecule has 1 heterocycles. The number of hydrogen-bond acceptors (Lipinski definition) is 7. The van der Waals surface area contributed by atoms with Crippen molar-refractivity contribution in [3.05, 3.63) is 16.3 Å². The van der Waals surface area contributed by atoms with Crippen molar-refractivity contribution in [2.45, 2.75) is 19.4 Å². The van der Waals surface area contributed by atoms with Crippen molar-refractivity contribution < 1.29 is 10.0 Å². The molecule has 0 aliphatic heterocycles. The quantitative estimate of drug-likeness (QED) is 0.557. The molecule has 0 aliphatic rings. The lowest BCUT2D eigenvalue weighted by Gasteiger charge is -2.17.